The van der Waals surface area contributed by atoms with Crippen LogP contribution in [0.4, 0.5) is 11.4 Å². The zero-order chi connectivity index (χ0) is 20.1. The van der Waals surface area contributed by atoms with Gasteiger partial charge in [0.2, 0.25) is 0 Å². The van der Waals surface area contributed by atoms with Crippen LogP contribution in [0, 0.1) is 17.9 Å². The molecular weight excluding hydrogens is 378 g/mol. The monoisotopic (exact) mass is 417 g/mol. The first-order valence-electron chi connectivity index (χ1n) is 11.4. The van der Waals surface area contributed by atoms with Crippen LogP contribution in [0.5, 0.6) is 0 Å². The van der Waals surface area contributed by atoms with Gasteiger partial charge >= 0.3 is 0 Å². The van der Waals surface area contributed by atoms with Crippen molar-refractivity contribution in [2.75, 3.05) is 37.6 Å². The van der Waals surface area contributed by atoms with Gasteiger partial charge in [-0.3, -0.25) is 4.90 Å². The van der Waals surface area contributed by atoms with Crippen LogP contribution in [0.2, 0.25) is 0 Å². The van der Waals surface area contributed by atoms with Crippen LogP contribution in [0.25, 0.3) is 4.85 Å². The summed E-state index contributed by atoms with van der Waals surface area (Å²) >= 11 is 0. The first-order chi connectivity index (χ1) is 13.4. The van der Waals surface area contributed by atoms with Crippen LogP contribution in [0.3, 0.4) is 0 Å². The molecule has 0 N–H and O–H groups in total. The maximum absolute atomic E-state index is 7.47. The Balaban J connectivity index is 0.00000300. The second-order valence-corrected chi connectivity index (χ2v) is 9.95. The SMILES string of the molecule is Cl.[C-]#[N+]c1ccc(C2CCC(C(C)(C)C)CC2)c(N2CCN(CCCC)CC2)c1. The Morgan fingerprint density at radius 2 is 1.69 bits per heavy atom. The molecule has 0 aromatic heterocycles. The van der Waals surface area contributed by atoms with Gasteiger partial charge in [-0.2, -0.15) is 0 Å². The van der Waals surface area contributed by atoms with Crippen molar-refractivity contribution in [3.05, 3.63) is 35.2 Å². The summed E-state index contributed by atoms with van der Waals surface area (Å²) in [5, 5.41) is 0. The van der Waals surface area contributed by atoms with Crippen LogP contribution in [-0.4, -0.2) is 37.6 Å². The van der Waals surface area contributed by atoms with E-state index < -0.39 is 0 Å². The first-order valence-corrected chi connectivity index (χ1v) is 11.4. The summed E-state index contributed by atoms with van der Waals surface area (Å²) in [6.45, 7) is 22.6. The molecule has 2 fully saturated rings. The summed E-state index contributed by atoms with van der Waals surface area (Å²) in [7, 11) is 0. The van der Waals surface area contributed by atoms with E-state index in [2.05, 4.69) is 54.5 Å². The molecule has 29 heavy (non-hydrogen) atoms. The Bertz CT molecular complexity index is 672. The molecule has 0 amide bonds. The third-order valence-electron chi connectivity index (χ3n) is 7.08. The van der Waals surface area contributed by atoms with E-state index >= 15 is 0 Å². The molecule has 1 saturated heterocycles. The minimum atomic E-state index is 0. The largest absolute Gasteiger partial charge is 0.370 e. The predicted octanol–water partition coefficient (Wildman–Crippen LogP) is 6.90. The average Bonchev–Trinajstić information content (AvgIpc) is 2.71. The molecule has 162 valence electrons. The fraction of sp³-hybridized carbons (Fsp3) is 0.720. The molecule has 3 rings (SSSR count). The van der Waals surface area contributed by atoms with Crippen molar-refractivity contribution in [1.82, 2.24) is 4.90 Å². The number of hydrogen-bond donors (Lipinski definition) is 0. The molecule has 1 aromatic rings. The Morgan fingerprint density at radius 3 is 2.24 bits per heavy atom. The summed E-state index contributed by atoms with van der Waals surface area (Å²) in [6.07, 6.45) is 7.83. The molecule has 1 aromatic carbocycles. The van der Waals surface area contributed by atoms with E-state index in [1.165, 1.54) is 56.3 Å². The molecule has 1 aliphatic heterocycles. The Hall–Kier alpha value is -1.24. The number of anilines is 1. The average molecular weight is 418 g/mol. The minimum Gasteiger partial charge on any atom is -0.370 e. The van der Waals surface area contributed by atoms with E-state index in [0.29, 0.717) is 11.3 Å². The van der Waals surface area contributed by atoms with Crippen molar-refractivity contribution in [1.29, 1.82) is 0 Å². The van der Waals surface area contributed by atoms with E-state index in [9.17, 15) is 0 Å². The molecular formula is C25H40ClN3. The van der Waals surface area contributed by atoms with Gasteiger partial charge in [0, 0.05) is 31.9 Å². The molecule has 0 radical (unpaired) electrons. The molecule has 3 nitrogen and oxygen atoms in total. The Labute approximate surface area is 185 Å². The summed E-state index contributed by atoms with van der Waals surface area (Å²) < 4.78 is 0. The van der Waals surface area contributed by atoms with Crippen molar-refractivity contribution in [2.45, 2.75) is 72.1 Å². The molecule has 4 heteroatoms. The Morgan fingerprint density at radius 1 is 1.03 bits per heavy atom. The minimum absolute atomic E-state index is 0. The zero-order valence-corrected chi connectivity index (χ0v) is 19.7. The number of nitrogens with zero attached hydrogens (tertiary/aromatic N) is 3. The quantitative estimate of drug-likeness (QED) is 0.482. The second kappa shape index (κ2) is 10.7. The van der Waals surface area contributed by atoms with Crippen molar-refractivity contribution in [3.63, 3.8) is 0 Å². The summed E-state index contributed by atoms with van der Waals surface area (Å²) in [5.41, 5.74) is 4.07. The maximum Gasteiger partial charge on any atom is 0.189 e. The summed E-state index contributed by atoms with van der Waals surface area (Å²) in [4.78, 5) is 8.89. The zero-order valence-electron chi connectivity index (χ0n) is 18.9. The number of unbranched alkanes of at least 4 members (excludes halogenated alkanes) is 1. The number of halogens is 1. The lowest BCUT2D eigenvalue weighted by Gasteiger charge is -2.40. The van der Waals surface area contributed by atoms with Crippen LogP contribution in [0.15, 0.2) is 18.2 Å². The van der Waals surface area contributed by atoms with Gasteiger partial charge in [0.05, 0.1) is 6.57 Å². The smallest absolute Gasteiger partial charge is 0.189 e. The van der Waals surface area contributed by atoms with Gasteiger partial charge in [0.1, 0.15) is 0 Å². The highest BCUT2D eigenvalue weighted by atomic mass is 35.5. The van der Waals surface area contributed by atoms with Crippen LogP contribution >= 0.6 is 12.4 Å². The van der Waals surface area contributed by atoms with Gasteiger partial charge in [-0.15, -0.1) is 12.4 Å². The van der Waals surface area contributed by atoms with Crippen molar-refractivity contribution in [2.24, 2.45) is 11.3 Å². The van der Waals surface area contributed by atoms with Gasteiger partial charge in [-0.25, -0.2) is 4.85 Å². The first kappa shape index (κ1) is 24.0. The molecule has 0 spiro atoms. The third-order valence-corrected chi connectivity index (χ3v) is 7.08. The van der Waals surface area contributed by atoms with E-state index in [4.69, 9.17) is 6.57 Å². The molecule has 1 saturated carbocycles. The lowest BCUT2D eigenvalue weighted by atomic mass is 9.68. The van der Waals surface area contributed by atoms with E-state index in [1.807, 2.05) is 6.07 Å². The summed E-state index contributed by atoms with van der Waals surface area (Å²) in [5.74, 6) is 1.50. The molecule has 0 unspecified atom stereocenters. The number of benzene rings is 1. The fourth-order valence-corrected chi connectivity index (χ4v) is 5.09. The topological polar surface area (TPSA) is 10.8 Å². The van der Waals surface area contributed by atoms with Crippen LogP contribution in [0.1, 0.15) is 77.7 Å². The number of hydrogen-bond acceptors (Lipinski definition) is 2. The second-order valence-electron chi connectivity index (χ2n) is 9.95. The Kier molecular flexibility index (Phi) is 8.86. The number of piperazine rings is 1. The normalized spacial score (nSPS) is 23.3. The third kappa shape index (κ3) is 6.12. The van der Waals surface area contributed by atoms with Gasteiger partial charge < -0.3 is 4.90 Å². The molecule has 0 atom stereocenters. The van der Waals surface area contributed by atoms with E-state index in [-0.39, 0.29) is 12.4 Å². The standard InChI is InChI=1S/C25H39N3.ClH/c1-6-7-14-27-15-17-28(18-16-27)24-19-22(26-5)12-13-23(24)20-8-10-21(11-9-20)25(2,3)4;/h12-13,19-21H,6-11,14-18H2,1-4H3;1H. The molecule has 1 heterocycles. The maximum atomic E-state index is 7.47. The molecule has 2 aliphatic rings. The lowest BCUT2D eigenvalue weighted by molar-refractivity contribution is 0.169. The highest BCUT2D eigenvalue weighted by molar-refractivity contribution is 5.85. The van der Waals surface area contributed by atoms with Gasteiger partial charge in [0.15, 0.2) is 5.69 Å². The summed E-state index contributed by atoms with van der Waals surface area (Å²) in [6, 6.07) is 6.48. The van der Waals surface area contributed by atoms with Gasteiger partial charge in [-0.05, 0) is 67.5 Å². The van der Waals surface area contributed by atoms with Crippen molar-refractivity contribution >= 4 is 23.8 Å². The number of rotatable bonds is 5. The fourth-order valence-electron chi connectivity index (χ4n) is 5.09. The van der Waals surface area contributed by atoms with Crippen LogP contribution in [-0.2, 0) is 0 Å². The highest BCUT2D eigenvalue weighted by Gasteiger charge is 2.31. The van der Waals surface area contributed by atoms with Gasteiger partial charge in [-0.1, -0.05) is 46.2 Å². The molecule has 0 bridgehead atoms. The van der Waals surface area contributed by atoms with E-state index in [1.54, 1.807) is 0 Å². The van der Waals surface area contributed by atoms with Crippen LogP contribution < -0.4 is 4.90 Å². The molecule has 1 aliphatic carbocycles. The highest BCUT2D eigenvalue weighted by Crippen LogP contribution is 2.45. The van der Waals surface area contributed by atoms with E-state index in [0.717, 1.165) is 37.8 Å². The lowest BCUT2D eigenvalue weighted by Crippen LogP contribution is -2.47. The van der Waals surface area contributed by atoms with Crippen molar-refractivity contribution < 1.29 is 0 Å². The van der Waals surface area contributed by atoms with Gasteiger partial charge in [0.25, 0.3) is 0 Å². The predicted molar refractivity (Wildman–Crippen MR) is 128 cm³/mol. The van der Waals surface area contributed by atoms with Crippen molar-refractivity contribution in [3.8, 4) is 0 Å².